The number of aromatic nitrogens is 1. The smallest absolute Gasteiger partial charge is 0.269 e. The van der Waals surface area contributed by atoms with Crippen molar-refractivity contribution in [2.24, 2.45) is 0 Å². The maximum atomic E-state index is 12.7. The van der Waals surface area contributed by atoms with Crippen LogP contribution >= 0.6 is 11.3 Å². The van der Waals surface area contributed by atoms with E-state index in [1.807, 2.05) is 24.4 Å². The van der Waals surface area contributed by atoms with Crippen LogP contribution in [-0.2, 0) is 11.2 Å². The van der Waals surface area contributed by atoms with Crippen LogP contribution in [0.2, 0.25) is 0 Å². The van der Waals surface area contributed by atoms with Gasteiger partial charge in [-0.1, -0.05) is 18.2 Å². The zero-order valence-corrected chi connectivity index (χ0v) is 16.0. The number of aryl methyl sites for hydroxylation is 1. The average Bonchev–Trinajstić information content (AvgIpc) is 3.31. The second kappa shape index (κ2) is 7.71. The molecule has 1 amide bonds. The third-order valence-corrected chi connectivity index (χ3v) is 5.34. The molecule has 1 atom stereocenters. The Labute approximate surface area is 160 Å². The van der Waals surface area contributed by atoms with E-state index in [0.717, 1.165) is 4.88 Å². The number of carbonyl (C=O) groups is 1. The Morgan fingerprint density at radius 2 is 2.15 bits per heavy atom. The molecule has 0 radical (unpaired) electrons. The first-order valence-corrected chi connectivity index (χ1v) is 9.25. The van der Waals surface area contributed by atoms with Crippen LogP contribution in [0.3, 0.4) is 0 Å². The summed E-state index contributed by atoms with van der Waals surface area (Å²) in [5.74, 6) is 0.992. The Balaban J connectivity index is 1.74. The van der Waals surface area contributed by atoms with Crippen molar-refractivity contribution in [2.75, 3.05) is 7.05 Å². The molecule has 1 aromatic carbocycles. The van der Waals surface area contributed by atoms with Crippen LogP contribution in [0, 0.1) is 17.0 Å². The van der Waals surface area contributed by atoms with Crippen LogP contribution < -0.4 is 0 Å². The van der Waals surface area contributed by atoms with Gasteiger partial charge in [0.25, 0.3) is 5.69 Å². The van der Waals surface area contributed by atoms with Gasteiger partial charge in [-0.2, -0.15) is 0 Å². The first-order chi connectivity index (χ1) is 12.9. The zero-order valence-electron chi connectivity index (χ0n) is 15.2. The van der Waals surface area contributed by atoms with Gasteiger partial charge >= 0.3 is 0 Å². The van der Waals surface area contributed by atoms with E-state index in [4.69, 9.17) is 4.42 Å². The topological polar surface area (TPSA) is 89.5 Å². The van der Waals surface area contributed by atoms with Gasteiger partial charge in [-0.15, -0.1) is 11.3 Å². The monoisotopic (exact) mass is 385 g/mol. The van der Waals surface area contributed by atoms with Gasteiger partial charge in [0.1, 0.15) is 5.76 Å². The lowest BCUT2D eigenvalue weighted by Gasteiger charge is -2.25. The van der Waals surface area contributed by atoms with Crippen LogP contribution in [-0.4, -0.2) is 27.8 Å². The number of rotatable bonds is 6. The fourth-order valence-corrected chi connectivity index (χ4v) is 3.35. The predicted octanol–water partition coefficient (Wildman–Crippen LogP) is 4.38. The number of benzene rings is 1. The first kappa shape index (κ1) is 18.8. The molecule has 0 N–H and O–H groups in total. The molecule has 0 aliphatic rings. The fraction of sp³-hybridized carbons (Fsp3) is 0.263. The number of nitro groups is 1. The number of oxazole rings is 1. The summed E-state index contributed by atoms with van der Waals surface area (Å²) in [6.45, 7) is 3.63. The van der Waals surface area contributed by atoms with Gasteiger partial charge in [-0.3, -0.25) is 14.9 Å². The zero-order chi connectivity index (χ0) is 19.6. The number of non-ortho nitro benzene ring substituents is 1. The maximum absolute atomic E-state index is 12.7. The maximum Gasteiger partial charge on any atom is 0.269 e. The molecule has 0 aliphatic heterocycles. The lowest BCUT2D eigenvalue weighted by Crippen LogP contribution is -2.31. The normalized spacial score (nSPS) is 12.0. The van der Waals surface area contributed by atoms with E-state index in [-0.39, 0.29) is 24.1 Å². The Kier molecular flexibility index (Phi) is 5.36. The third kappa shape index (κ3) is 4.06. The van der Waals surface area contributed by atoms with Crippen molar-refractivity contribution in [3.05, 3.63) is 68.9 Å². The Hall–Kier alpha value is -3.00. The van der Waals surface area contributed by atoms with Crippen molar-refractivity contribution in [2.45, 2.75) is 26.3 Å². The molecule has 2 aromatic heterocycles. The molecule has 0 bridgehead atoms. The van der Waals surface area contributed by atoms with Crippen LogP contribution in [0.15, 0.2) is 46.2 Å². The van der Waals surface area contributed by atoms with Crippen LogP contribution in [0.1, 0.15) is 30.0 Å². The van der Waals surface area contributed by atoms with Crippen molar-refractivity contribution in [3.63, 3.8) is 0 Å². The number of carbonyl (C=O) groups excluding carboxylic acids is 1. The lowest BCUT2D eigenvalue weighted by atomic mass is 10.1. The van der Waals surface area contributed by atoms with E-state index in [9.17, 15) is 14.9 Å². The number of amides is 1. The largest absolute Gasteiger partial charge is 0.440 e. The minimum Gasteiger partial charge on any atom is -0.440 e. The summed E-state index contributed by atoms with van der Waals surface area (Å²) >= 11 is 1.52. The van der Waals surface area contributed by atoms with Gasteiger partial charge in [0, 0.05) is 19.2 Å². The van der Waals surface area contributed by atoms with Crippen molar-refractivity contribution >= 4 is 22.9 Å². The molecule has 0 saturated carbocycles. The molecule has 7 nitrogen and oxygen atoms in total. The second-order valence-electron chi connectivity index (χ2n) is 6.21. The molecule has 3 rings (SSSR count). The minimum atomic E-state index is -0.442. The molecular weight excluding hydrogens is 366 g/mol. The molecule has 27 heavy (non-hydrogen) atoms. The average molecular weight is 385 g/mol. The highest BCUT2D eigenvalue weighted by Crippen LogP contribution is 2.27. The van der Waals surface area contributed by atoms with Crippen molar-refractivity contribution in [1.29, 1.82) is 0 Å². The van der Waals surface area contributed by atoms with Crippen LogP contribution in [0.25, 0.3) is 10.8 Å². The van der Waals surface area contributed by atoms with Gasteiger partial charge in [-0.05, 0) is 30.9 Å². The summed E-state index contributed by atoms with van der Waals surface area (Å²) in [4.78, 5) is 30.2. The van der Waals surface area contributed by atoms with E-state index in [1.165, 1.54) is 23.5 Å². The fourth-order valence-electron chi connectivity index (χ4n) is 2.70. The summed E-state index contributed by atoms with van der Waals surface area (Å²) in [7, 11) is 1.68. The molecular formula is C19H19N3O4S. The molecule has 0 spiro atoms. The number of thiophene rings is 1. The number of likely N-dealkylation sites (N-methyl/N-ethyl adjacent to an activating group) is 1. The second-order valence-corrected chi connectivity index (χ2v) is 7.16. The SMILES string of the molecule is Cc1oc(-c2cccs2)nc1CC(=O)N(C)C(C)c1cccc([N+](=O)[O-])c1. The van der Waals surface area contributed by atoms with Gasteiger partial charge < -0.3 is 9.32 Å². The number of nitro benzene ring substituents is 1. The molecule has 8 heteroatoms. The van der Waals surface area contributed by atoms with Crippen molar-refractivity contribution in [3.8, 4) is 10.8 Å². The summed E-state index contributed by atoms with van der Waals surface area (Å²) in [5, 5.41) is 12.9. The summed E-state index contributed by atoms with van der Waals surface area (Å²) in [6.07, 6.45) is 0.108. The van der Waals surface area contributed by atoms with Gasteiger partial charge in [0.2, 0.25) is 11.8 Å². The Bertz CT molecular complexity index is 965. The summed E-state index contributed by atoms with van der Waals surface area (Å²) < 4.78 is 5.68. The number of nitrogens with zero attached hydrogens (tertiary/aromatic N) is 3. The highest BCUT2D eigenvalue weighted by molar-refractivity contribution is 7.13. The quantitative estimate of drug-likeness (QED) is 0.464. The molecule has 2 heterocycles. The van der Waals surface area contributed by atoms with E-state index in [0.29, 0.717) is 22.9 Å². The molecule has 140 valence electrons. The van der Waals surface area contributed by atoms with Crippen LogP contribution in [0.4, 0.5) is 5.69 Å². The molecule has 3 aromatic rings. The Morgan fingerprint density at radius 3 is 2.81 bits per heavy atom. The van der Waals surface area contributed by atoms with Gasteiger partial charge in [0.05, 0.1) is 28.0 Å². The standard InChI is InChI=1S/C19H19N3O4S/c1-12(14-6-4-7-15(10-14)22(24)25)21(3)18(23)11-16-13(2)26-19(20-16)17-8-5-9-27-17/h4-10,12H,11H2,1-3H3. The molecule has 1 unspecified atom stereocenters. The third-order valence-electron chi connectivity index (χ3n) is 4.48. The minimum absolute atomic E-state index is 0.00753. The van der Waals surface area contributed by atoms with Crippen molar-refractivity contribution < 1.29 is 14.1 Å². The Morgan fingerprint density at radius 1 is 1.37 bits per heavy atom. The molecule has 0 fully saturated rings. The van der Waals surface area contributed by atoms with E-state index >= 15 is 0 Å². The van der Waals surface area contributed by atoms with Crippen LogP contribution in [0.5, 0.6) is 0 Å². The summed E-state index contributed by atoms with van der Waals surface area (Å²) in [6, 6.07) is 9.85. The first-order valence-electron chi connectivity index (χ1n) is 8.37. The summed E-state index contributed by atoms with van der Waals surface area (Å²) in [5.41, 5.74) is 1.31. The molecule has 0 saturated heterocycles. The highest BCUT2D eigenvalue weighted by atomic mass is 32.1. The van der Waals surface area contributed by atoms with Crippen molar-refractivity contribution in [1.82, 2.24) is 9.88 Å². The highest BCUT2D eigenvalue weighted by Gasteiger charge is 2.22. The van der Waals surface area contributed by atoms with E-state index in [1.54, 1.807) is 31.0 Å². The number of hydrogen-bond donors (Lipinski definition) is 0. The van der Waals surface area contributed by atoms with Gasteiger partial charge in [0.15, 0.2) is 0 Å². The van der Waals surface area contributed by atoms with Gasteiger partial charge in [-0.25, -0.2) is 4.98 Å². The van der Waals surface area contributed by atoms with E-state index < -0.39 is 4.92 Å². The lowest BCUT2D eigenvalue weighted by molar-refractivity contribution is -0.384. The number of hydrogen-bond acceptors (Lipinski definition) is 6. The molecule has 0 aliphatic carbocycles. The van der Waals surface area contributed by atoms with E-state index in [2.05, 4.69) is 4.98 Å². The predicted molar refractivity (Wildman–Crippen MR) is 103 cm³/mol.